The van der Waals surface area contributed by atoms with Crippen LogP contribution in [0.4, 0.5) is 0 Å². The Bertz CT molecular complexity index is 639. The summed E-state index contributed by atoms with van der Waals surface area (Å²) in [6.45, 7) is 1.94. The molecule has 0 aliphatic carbocycles. The zero-order valence-corrected chi connectivity index (χ0v) is 12.7. The normalized spacial score (nSPS) is 10.3. The Balaban J connectivity index is 2.54. The Morgan fingerprint density at radius 3 is 2.24 bits per heavy atom. The Morgan fingerprint density at radius 1 is 1.19 bits per heavy atom. The highest BCUT2D eigenvalue weighted by Gasteiger charge is 2.20. The Morgan fingerprint density at radius 2 is 1.76 bits per heavy atom. The summed E-state index contributed by atoms with van der Waals surface area (Å²) in [5.74, 6) is 1.46. The first-order valence-corrected chi connectivity index (χ1v) is 6.35. The van der Waals surface area contributed by atoms with Crippen molar-refractivity contribution in [2.75, 3.05) is 28.3 Å². The molecule has 0 saturated heterocycles. The van der Waals surface area contributed by atoms with Gasteiger partial charge in [-0.15, -0.1) is 0 Å². The summed E-state index contributed by atoms with van der Waals surface area (Å²) in [5, 5.41) is 6.73. The quantitative estimate of drug-likeness (QED) is 0.923. The van der Waals surface area contributed by atoms with Gasteiger partial charge in [0.2, 0.25) is 5.82 Å². The first-order chi connectivity index (χ1) is 9.97. The van der Waals surface area contributed by atoms with Crippen molar-refractivity contribution in [1.29, 1.82) is 0 Å². The number of carbonyl (C=O) groups excluding carboxylic acids is 1. The van der Waals surface area contributed by atoms with Crippen LogP contribution in [-0.2, 0) is 0 Å². The summed E-state index contributed by atoms with van der Waals surface area (Å²) in [4.78, 5) is 17.5. The fourth-order valence-electron chi connectivity index (χ4n) is 1.94. The summed E-state index contributed by atoms with van der Waals surface area (Å²) in [6, 6.07) is 3.73. The molecule has 0 fully saturated rings. The fourth-order valence-corrected chi connectivity index (χ4v) is 1.94. The summed E-state index contributed by atoms with van der Waals surface area (Å²) >= 11 is 0. The van der Waals surface area contributed by atoms with E-state index >= 15 is 0 Å². The van der Waals surface area contributed by atoms with Crippen LogP contribution < -0.4 is 9.47 Å². The molecule has 2 rings (SSSR count). The average Bonchev–Trinajstić information content (AvgIpc) is 2.94. The molecule has 0 aliphatic rings. The smallest absolute Gasteiger partial charge is 0.290 e. The van der Waals surface area contributed by atoms with Crippen molar-refractivity contribution in [3.8, 4) is 22.9 Å². The van der Waals surface area contributed by atoms with E-state index in [4.69, 9.17) is 9.47 Å². The van der Waals surface area contributed by atoms with Crippen LogP contribution >= 0.6 is 0 Å². The molecule has 0 radical (unpaired) electrons. The second-order valence-corrected chi connectivity index (χ2v) is 4.75. The minimum absolute atomic E-state index is 0.166. The van der Waals surface area contributed by atoms with Gasteiger partial charge in [-0.25, -0.2) is 4.98 Å². The third-order valence-corrected chi connectivity index (χ3v) is 2.97. The van der Waals surface area contributed by atoms with Gasteiger partial charge in [-0.05, 0) is 24.6 Å². The lowest BCUT2D eigenvalue weighted by molar-refractivity contribution is 0.0816. The number of carbonyl (C=O) groups is 1. The number of aromatic amines is 1. The van der Waals surface area contributed by atoms with Gasteiger partial charge in [-0.1, -0.05) is 0 Å². The van der Waals surface area contributed by atoms with Crippen molar-refractivity contribution >= 4 is 5.91 Å². The number of benzene rings is 1. The van der Waals surface area contributed by atoms with E-state index in [9.17, 15) is 4.79 Å². The van der Waals surface area contributed by atoms with Gasteiger partial charge in [0.05, 0.1) is 14.2 Å². The van der Waals surface area contributed by atoms with Gasteiger partial charge in [0.15, 0.2) is 5.82 Å². The molecule has 1 N–H and O–H groups in total. The number of methoxy groups -OCH3 is 2. The zero-order valence-electron chi connectivity index (χ0n) is 12.7. The highest BCUT2D eigenvalue weighted by molar-refractivity contribution is 5.90. The predicted octanol–water partition coefficient (Wildman–Crippen LogP) is 1.50. The molecule has 112 valence electrons. The molecular formula is C14H18N4O3. The highest BCUT2D eigenvalue weighted by atomic mass is 16.5. The third-order valence-electron chi connectivity index (χ3n) is 2.97. The fraction of sp³-hybridized carbons (Fsp3) is 0.357. The van der Waals surface area contributed by atoms with Gasteiger partial charge in [-0.2, -0.15) is 5.10 Å². The first kappa shape index (κ1) is 14.8. The SMILES string of the molecule is COc1cc(C)cc(OC)c1-c1n[nH]c(C(=O)N(C)C)n1. The maximum atomic E-state index is 11.9. The monoisotopic (exact) mass is 290 g/mol. The van der Waals surface area contributed by atoms with Crippen LogP contribution in [0.15, 0.2) is 12.1 Å². The number of aryl methyl sites for hydroxylation is 1. The first-order valence-electron chi connectivity index (χ1n) is 6.35. The number of ether oxygens (including phenoxy) is 2. The molecule has 0 atom stereocenters. The van der Waals surface area contributed by atoms with Crippen LogP contribution in [-0.4, -0.2) is 54.3 Å². The Labute approximate surface area is 122 Å². The van der Waals surface area contributed by atoms with Gasteiger partial charge in [0.25, 0.3) is 5.91 Å². The molecule has 1 heterocycles. The molecular weight excluding hydrogens is 272 g/mol. The highest BCUT2D eigenvalue weighted by Crippen LogP contribution is 2.37. The number of hydrogen-bond acceptors (Lipinski definition) is 5. The van der Waals surface area contributed by atoms with E-state index in [0.29, 0.717) is 22.9 Å². The van der Waals surface area contributed by atoms with Crippen LogP contribution in [0.1, 0.15) is 16.2 Å². The summed E-state index contributed by atoms with van der Waals surface area (Å²) in [6.07, 6.45) is 0. The maximum Gasteiger partial charge on any atom is 0.290 e. The third kappa shape index (κ3) is 2.81. The molecule has 1 aromatic heterocycles. The van der Waals surface area contributed by atoms with Crippen LogP contribution in [0, 0.1) is 6.92 Å². The van der Waals surface area contributed by atoms with Crippen molar-refractivity contribution in [3.63, 3.8) is 0 Å². The van der Waals surface area contributed by atoms with Crippen LogP contribution in [0.3, 0.4) is 0 Å². The van der Waals surface area contributed by atoms with Gasteiger partial charge in [0, 0.05) is 14.1 Å². The van der Waals surface area contributed by atoms with Gasteiger partial charge >= 0.3 is 0 Å². The number of nitrogens with zero attached hydrogens (tertiary/aromatic N) is 3. The standard InChI is InChI=1S/C14H18N4O3/c1-8-6-9(20-4)11(10(7-8)21-5)12-15-13(17-16-12)14(19)18(2)3/h6-7H,1-5H3,(H,15,16,17). The molecule has 2 aromatic rings. The molecule has 7 nitrogen and oxygen atoms in total. The van der Waals surface area contributed by atoms with E-state index in [0.717, 1.165) is 5.56 Å². The van der Waals surface area contributed by atoms with E-state index in [-0.39, 0.29) is 11.7 Å². The second kappa shape index (κ2) is 5.82. The molecule has 21 heavy (non-hydrogen) atoms. The largest absolute Gasteiger partial charge is 0.496 e. The van der Waals surface area contributed by atoms with Crippen molar-refractivity contribution in [2.24, 2.45) is 0 Å². The molecule has 1 aromatic carbocycles. The van der Waals surface area contributed by atoms with E-state index in [1.54, 1.807) is 28.3 Å². The minimum atomic E-state index is -0.251. The molecule has 0 spiro atoms. The van der Waals surface area contributed by atoms with E-state index in [1.165, 1.54) is 4.90 Å². The number of hydrogen-bond donors (Lipinski definition) is 1. The van der Waals surface area contributed by atoms with Crippen molar-refractivity contribution in [3.05, 3.63) is 23.5 Å². The number of nitrogens with one attached hydrogen (secondary N) is 1. The molecule has 0 aliphatic heterocycles. The number of H-pyrrole nitrogens is 1. The van der Waals surface area contributed by atoms with Gasteiger partial charge < -0.3 is 14.4 Å². The second-order valence-electron chi connectivity index (χ2n) is 4.75. The van der Waals surface area contributed by atoms with Crippen molar-refractivity contribution in [2.45, 2.75) is 6.92 Å². The molecule has 0 saturated carbocycles. The van der Waals surface area contributed by atoms with E-state index < -0.39 is 0 Å². The lowest BCUT2D eigenvalue weighted by atomic mass is 10.1. The van der Waals surface area contributed by atoms with Gasteiger partial charge in [-0.3, -0.25) is 9.89 Å². The van der Waals surface area contributed by atoms with Crippen LogP contribution in [0.5, 0.6) is 11.5 Å². The Hall–Kier alpha value is -2.57. The number of aromatic nitrogens is 3. The topological polar surface area (TPSA) is 80.3 Å². The summed E-state index contributed by atoms with van der Waals surface area (Å²) in [5.41, 5.74) is 1.60. The molecule has 0 unspecified atom stereocenters. The lowest BCUT2D eigenvalue weighted by Crippen LogP contribution is -2.22. The average molecular weight is 290 g/mol. The summed E-state index contributed by atoms with van der Waals surface area (Å²) < 4.78 is 10.7. The number of rotatable bonds is 4. The number of amides is 1. The van der Waals surface area contributed by atoms with Gasteiger partial charge in [0.1, 0.15) is 17.1 Å². The van der Waals surface area contributed by atoms with Crippen molar-refractivity contribution in [1.82, 2.24) is 20.1 Å². The molecule has 0 bridgehead atoms. The minimum Gasteiger partial charge on any atom is -0.496 e. The van der Waals surface area contributed by atoms with Crippen LogP contribution in [0.2, 0.25) is 0 Å². The van der Waals surface area contributed by atoms with E-state index in [2.05, 4.69) is 15.2 Å². The van der Waals surface area contributed by atoms with Crippen LogP contribution in [0.25, 0.3) is 11.4 Å². The Kier molecular flexibility index (Phi) is 4.11. The van der Waals surface area contributed by atoms with E-state index in [1.807, 2.05) is 19.1 Å². The maximum absolute atomic E-state index is 11.9. The van der Waals surface area contributed by atoms with Crippen molar-refractivity contribution < 1.29 is 14.3 Å². The zero-order chi connectivity index (χ0) is 15.6. The summed E-state index contributed by atoms with van der Waals surface area (Å²) in [7, 11) is 6.43. The lowest BCUT2D eigenvalue weighted by Gasteiger charge is -2.11. The predicted molar refractivity (Wildman–Crippen MR) is 77.7 cm³/mol. The molecule has 1 amide bonds. The molecule has 7 heteroatoms.